The van der Waals surface area contributed by atoms with Crippen LogP contribution in [-0.4, -0.2) is 10.2 Å². The molecule has 0 radical (unpaired) electrons. The van der Waals surface area contributed by atoms with E-state index in [0.29, 0.717) is 16.4 Å². The SMILES string of the molecule is O=Nc1cn[nH]c1-c1ccc(Cl)cc1. The normalized spacial score (nSPS) is 10.1. The molecule has 4 nitrogen and oxygen atoms in total. The summed E-state index contributed by atoms with van der Waals surface area (Å²) in [4.78, 5) is 10.4. The molecule has 0 aliphatic carbocycles. The molecule has 0 fully saturated rings. The van der Waals surface area contributed by atoms with E-state index in [1.807, 2.05) is 0 Å². The van der Waals surface area contributed by atoms with Crippen molar-refractivity contribution < 1.29 is 0 Å². The Hall–Kier alpha value is -1.68. The summed E-state index contributed by atoms with van der Waals surface area (Å²) in [6, 6.07) is 7.08. The summed E-state index contributed by atoms with van der Waals surface area (Å²) in [6.45, 7) is 0. The van der Waals surface area contributed by atoms with Gasteiger partial charge in [-0.1, -0.05) is 23.7 Å². The maximum absolute atomic E-state index is 10.4. The molecule has 0 atom stereocenters. The number of H-pyrrole nitrogens is 1. The molecule has 2 aromatic rings. The van der Waals surface area contributed by atoms with Crippen LogP contribution in [0.5, 0.6) is 0 Å². The van der Waals surface area contributed by atoms with Gasteiger partial charge in [0, 0.05) is 10.6 Å². The van der Waals surface area contributed by atoms with Gasteiger partial charge in [0.15, 0.2) is 5.69 Å². The molecule has 70 valence electrons. The summed E-state index contributed by atoms with van der Waals surface area (Å²) in [5.41, 5.74) is 1.74. The third-order valence-corrected chi connectivity index (χ3v) is 2.10. The number of nitrogens with one attached hydrogen (secondary N) is 1. The molecule has 1 N–H and O–H groups in total. The average Bonchev–Trinajstić information content (AvgIpc) is 2.67. The van der Waals surface area contributed by atoms with Gasteiger partial charge in [0.25, 0.3) is 0 Å². The van der Waals surface area contributed by atoms with E-state index in [1.54, 1.807) is 24.3 Å². The third kappa shape index (κ3) is 1.52. The van der Waals surface area contributed by atoms with Gasteiger partial charge in [-0.15, -0.1) is 4.91 Å². The number of nitroso groups, excluding NO2 is 1. The van der Waals surface area contributed by atoms with Crippen LogP contribution >= 0.6 is 11.6 Å². The summed E-state index contributed by atoms with van der Waals surface area (Å²) in [7, 11) is 0. The van der Waals surface area contributed by atoms with Crippen molar-refractivity contribution in [3.05, 3.63) is 40.4 Å². The van der Waals surface area contributed by atoms with E-state index in [1.165, 1.54) is 6.20 Å². The monoisotopic (exact) mass is 207 g/mol. The molecule has 0 aliphatic rings. The molecule has 0 aliphatic heterocycles. The second kappa shape index (κ2) is 3.59. The van der Waals surface area contributed by atoms with Crippen LogP contribution < -0.4 is 0 Å². The van der Waals surface area contributed by atoms with Crippen molar-refractivity contribution >= 4 is 17.3 Å². The van der Waals surface area contributed by atoms with Crippen LogP contribution in [0.25, 0.3) is 11.3 Å². The summed E-state index contributed by atoms with van der Waals surface area (Å²) >= 11 is 5.74. The number of hydrogen-bond acceptors (Lipinski definition) is 3. The number of aromatic amines is 1. The zero-order chi connectivity index (χ0) is 9.97. The highest BCUT2D eigenvalue weighted by Gasteiger charge is 2.07. The van der Waals surface area contributed by atoms with Gasteiger partial charge in [0.1, 0.15) is 0 Å². The van der Waals surface area contributed by atoms with Crippen molar-refractivity contribution in [2.45, 2.75) is 0 Å². The number of rotatable bonds is 2. The van der Waals surface area contributed by atoms with Gasteiger partial charge in [0.2, 0.25) is 0 Å². The van der Waals surface area contributed by atoms with Gasteiger partial charge in [-0.2, -0.15) is 5.10 Å². The Bertz CT molecular complexity index is 449. The maximum atomic E-state index is 10.4. The molecule has 0 saturated carbocycles. The zero-order valence-electron chi connectivity index (χ0n) is 7.07. The van der Waals surface area contributed by atoms with Gasteiger partial charge in [-0.25, -0.2) is 0 Å². The fourth-order valence-corrected chi connectivity index (χ4v) is 1.30. The molecule has 0 saturated heterocycles. The maximum Gasteiger partial charge on any atom is 0.153 e. The number of halogens is 1. The number of nitrogens with zero attached hydrogens (tertiary/aromatic N) is 2. The zero-order valence-corrected chi connectivity index (χ0v) is 7.82. The largest absolute Gasteiger partial charge is 0.275 e. The highest BCUT2D eigenvalue weighted by atomic mass is 35.5. The van der Waals surface area contributed by atoms with E-state index in [0.717, 1.165) is 5.56 Å². The first-order valence-electron chi connectivity index (χ1n) is 3.94. The van der Waals surface area contributed by atoms with Crippen molar-refractivity contribution in [2.75, 3.05) is 0 Å². The van der Waals surface area contributed by atoms with Crippen LogP contribution in [0.4, 0.5) is 5.69 Å². The van der Waals surface area contributed by atoms with Gasteiger partial charge in [0.05, 0.1) is 11.9 Å². The summed E-state index contributed by atoms with van der Waals surface area (Å²) in [5.74, 6) is 0. The highest BCUT2D eigenvalue weighted by Crippen LogP contribution is 2.27. The number of benzene rings is 1. The summed E-state index contributed by atoms with van der Waals surface area (Å²) < 4.78 is 0. The first-order valence-corrected chi connectivity index (χ1v) is 4.31. The van der Waals surface area contributed by atoms with Gasteiger partial charge in [-0.05, 0) is 17.3 Å². The minimum Gasteiger partial charge on any atom is -0.275 e. The molecular formula is C9H6ClN3O. The first kappa shape index (κ1) is 8.90. The molecular weight excluding hydrogens is 202 g/mol. The molecule has 0 spiro atoms. The summed E-state index contributed by atoms with van der Waals surface area (Å²) in [5, 5.41) is 9.95. The van der Waals surface area contributed by atoms with E-state index >= 15 is 0 Å². The van der Waals surface area contributed by atoms with Gasteiger partial charge in [-0.3, -0.25) is 5.10 Å². The molecule has 0 unspecified atom stereocenters. The van der Waals surface area contributed by atoms with Crippen molar-refractivity contribution in [3.63, 3.8) is 0 Å². The molecule has 5 heteroatoms. The molecule has 1 heterocycles. The van der Waals surface area contributed by atoms with Crippen molar-refractivity contribution in [3.8, 4) is 11.3 Å². The third-order valence-electron chi connectivity index (χ3n) is 1.85. The molecule has 1 aromatic carbocycles. The Kier molecular flexibility index (Phi) is 2.28. The lowest BCUT2D eigenvalue weighted by atomic mass is 10.1. The Balaban J connectivity index is 2.49. The lowest BCUT2D eigenvalue weighted by Gasteiger charge is -1.97. The average molecular weight is 208 g/mol. The topological polar surface area (TPSA) is 58.1 Å². The van der Waals surface area contributed by atoms with Crippen molar-refractivity contribution in [2.24, 2.45) is 5.18 Å². The van der Waals surface area contributed by atoms with E-state index in [9.17, 15) is 4.91 Å². The first-order chi connectivity index (χ1) is 6.81. The van der Waals surface area contributed by atoms with Crippen LogP contribution in [0.3, 0.4) is 0 Å². The van der Waals surface area contributed by atoms with Crippen molar-refractivity contribution in [1.82, 2.24) is 10.2 Å². The predicted octanol–water partition coefficient (Wildman–Crippen LogP) is 3.13. The molecule has 0 bridgehead atoms. The standard InChI is InChI=1S/C9H6ClN3O/c10-7-3-1-6(2-4-7)9-8(13-14)5-11-12-9/h1-5H,(H,11,12). The molecule has 14 heavy (non-hydrogen) atoms. The Morgan fingerprint density at radius 3 is 2.64 bits per heavy atom. The quantitative estimate of drug-likeness (QED) is 0.770. The second-order valence-corrected chi connectivity index (χ2v) is 3.16. The lowest BCUT2D eigenvalue weighted by Crippen LogP contribution is -1.77. The Morgan fingerprint density at radius 1 is 1.29 bits per heavy atom. The van der Waals surface area contributed by atoms with Crippen molar-refractivity contribution in [1.29, 1.82) is 0 Å². The van der Waals surface area contributed by atoms with E-state index < -0.39 is 0 Å². The molecule has 2 rings (SSSR count). The van der Waals surface area contributed by atoms with Gasteiger partial charge < -0.3 is 0 Å². The smallest absolute Gasteiger partial charge is 0.153 e. The fraction of sp³-hybridized carbons (Fsp3) is 0. The lowest BCUT2D eigenvalue weighted by molar-refractivity contribution is 1.10. The van der Waals surface area contributed by atoms with Crippen LogP contribution in [0.1, 0.15) is 0 Å². The minimum absolute atomic E-state index is 0.298. The summed E-state index contributed by atoms with van der Waals surface area (Å²) in [6.07, 6.45) is 1.39. The van der Waals surface area contributed by atoms with E-state index in [4.69, 9.17) is 11.6 Å². The number of hydrogen-bond donors (Lipinski definition) is 1. The minimum atomic E-state index is 0.298. The van der Waals surface area contributed by atoms with Crippen LogP contribution in [-0.2, 0) is 0 Å². The number of aromatic nitrogens is 2. The van der Waals surface area contributed by atoms with Crippen LogP contribution in [0.15, 0.2) is 35.6 Å². The molecule has 0 amide bonds. The molecule has 1 aromatic heterocycles. The Morgan fingerprint density at radius 2 is 2.00 bits per heavy atom. The second-order valence-electron chi connectivity index (χ2n) is 2.73. The Labute approximate surface area is 84.9 Å². The predicted molar refractivity (Wildman–Crippen MR) is 54.5 cm³/mol. The van der Waals surface area contributed by atoms with Gasteiger partial charge >= 0.3 is 0 Å². The van der Waals surface area contributed by atoms with Crippen LogP contribution in [0, 0.1) is 4.91 Å². The van der Waals surface area contributed by atoms with E-state index in [2.05, 4.69) is 15.4 Å². The van der Waals surface area contributed by atoms with Crippen LogP contribution in [0.2, 0.25) is 5.02 Å². The van der Waals surface area contributed by atoms with E-state index in [-0.39, 0.29) is 0 Å². The highest BCUT2D eigenvalue weighted by molar-refractivity contribution is 6.30. The fourth-order valence-electron chi connectivity index (χ4n) is 1.18.